The molecular weight excluding hydrogens is 354 g/mol. The molecule has 0 saturated carbocycles. The molecule has 0 aliphatic carbocycles. The average molecular weight is 374 g/mol. The van der Waals surface area contributed by atoms with Crippen molar-refractivity contribution in [1.82, 2.24) is 9.80 Å². The molecule has 4 aliphatic heterocycles. The predicted molar refractivity (Wildman–Crippen MR) is 96.3 cm³/mol. The number of thiophene rings is 1. The largest absolute Gasteiger partial charge is 0.332 e. The van der Waals surface area contributed by atoms with Gasteiger partial charge in [-0.15, -0.1) is 11.3 Å². The molecule has 1 aromatic carbocycles. The summed E-state index contributed by atoms with van der Waals surface area (Å²) >= 11 is 1.44. The molecule has 3 nitrogen and oxygen atoms in total. The molecule has 5 heterocycles. The van der Waals surface area contributed by atoms with Crippen molar-refractivity contribution in [3.63, 3.8) is 0 Å². The Kier molecular flexibility index (Phi) is 3.87. The molecule has 1 aromatic heterocycles. The lowest BCUT2D eigenvalue weighted by Crippen LogP contribution is -2.60. The Balaban J connectivity index is 1.57. The van der Waals surface area contributed by atoms with Gasteiger partial charge in [0.2, 0.25) is 0 Å². The third-order valence-electron chi connectivity index (χ3n) is 6.37. The zero-order valence-electron chi connectivity index (χ0n) is 14.3. The van der Waals surface area contributed by atoms with Gasteiger partial charge in [0.05, 0.1) is 10.9 Å². The smallest absolute Gasteiger partial charge is 0.264 e. The van der Waals surface area contributed by atoms with E-state index in [0.29, 0.717) is 18.0 Å². The molecule has 1 amide bonds. The second-order valence-electron chi connectivity index (χ2n) is 7.54. The summed E-state index contributed by atoms with van der Waals surface area (Å²) in [5.74, 6) is -1.26. The van der Waals surface area contributed by atoms with Crippen LogP contribution in [0.3, 0.4) is 0 Å². The third-order valence-corrected chi connectivity index (χ3v) is 7.23. The lowest BCUT2D eigenvalue weighted by atomic mass is 9.75. The summed E-state index contributed by atoms with van der Waals surface area (Å²) < 4.78 is 28.4. The second-order valence-corrected chi connectivity index (χ2v) is 8.49. The first-order chi connectivity index (χ1) is 12.6. The molecule has 0 unspecified atom stereocenters. The number of piperidine rings is 3. The van der Waals surface area contributed by atoms with E-state index >= 15 is 0 Å². The van der Waals surface area contributed by atoms with Gasteiger partial charge in [-0.25, -0.2) is 8.78 Å². The Hall–Kier alpha value is -1.79. The number of hydrogen-bond donors (Lipinski definition) is 0. The number of nitrogens with zero attached hydrogens (tertiary/aromatic N) is 2. The molecule has 3 atom stereocenters. The minimum atomic E-state index is -0.807. The van der Waals surface area contributed by atoms with Crippen LogP contribution in [0, 0.1) is 17.6 Å². The lowest BCUT2D eigenvalue weighted by molar-refractivity contribution is -0.00344. The highest BCUT2D eigenvalue weighted by Crippen LogP contribution is 2.47. The topological polar surface area (TPSA) is 23.6 Å². The molecule has 6 rings (SSSR count). The van der Waals surface area contributed by atoms with Crippen LogP contribution in [-0.4, -0.2) is 47.4 Å². The van der Waals surface area contributed by atoms with E-state index in [4.69, 9.17) is 0 Å². The van der Waals surface area contributed by atoms with Crippen LogP contribution in [0.5, 0.6) is 0 Å². The summed E-state index contributed by atoms with van der Waals surface area (Å²) in [5, 5.41) is 1.90. The fourth-order valence-electron chi connectivity index (χ4n) is 5.28. The van der Waals surface area contributed by atoms with Gasteiger partial charge in [0.1, 0.15) is 0 Å². The van der Waals surface area contributed by atoms with E-state index < -0.39 is 11.6 Å². The van der Waals surface area contributed by atoms with Crippen molar-refractivity contribution in [3.05, 3.63) is 57.8 Å². The summed E-state index contributed by atoms with van der Waals surface area (Å²) in [5.41, 5.74) is 0.411. The molecule has 26 heavy (non-hydrogen) atoms. The fraction of sp³-hybridized carbons (Fsp3) is 0.450. The quantitative estimate of drug-likeness (QED) is 0.800. The number of rotatable bonds is 2. The highest BCUT2D eigenvalue weighted by Gasteiger charge is 2.55. The summed E-state index contributed by atoms with van der Waals surface area (Å²) in [7, 11) is 0. The van der Waals surface area contributed by atoms with E-state index in [-0.39, 0.29) is 23.9 Å². The van der Waals surface area contributed by atoms with Crippen LogP contribution in [0.15, 0.2) is 35.7 Å². The minimum Gasteiger partial charge on any atom is -0.332 e. The van der Waals surface area contributed by atoms with E-state index in [1.807, 2.05) is 22.4 Å². The molecule has 0 N–H and O–H groups in total. The predicted octanol–water partition coefficient (Wildman–Crippen LogP) is 3.73. The number of amides is 1. The van der Waals surface area contributed by atoms with Gasteiger partial charge in [-0.2, -0.15) is 0 Å². The maximum atomic E-state index is 14.6. The molecule has 6 heteroatoms. The molecule has 136 valence electrons. The van der Waals surface area contributed by atoms with Crippen LogP contribution in [0.25, 0.3) is 0 Å². The van der Waals surface area contributed by atoms with E-state index in [0.717, 1.165) is 36.9 Å². The number of carbonyl (C=O) groups excluding carboxylic acids is 1. The van der Waals surface area contributed by atoms with Gasteiger partial charge in [-0.05, 0) is 54.9 Å². The lowest BCUT2D eigenvalue weighted by Gasteiger charge is -2.51. The van der Waals surface area contributed by atoms with Crippen molar-refractivity contribution < 1.29 is 13.6 Å². The Morgan fingerprint density at radius 1 is 1.08 bits per heavy atom. The van der Waals surface area contributed by atoms with Crippen molar-refractivity contribution in [2.24, 2.45) is 5.92 Å². The van der Waals surface area contributed by atoms with E-state index in [9.17, 15) is 13.6 Å². The summed E-state index contributed by atoms with van der Waals surface area (Å²) in [6.07, 6.45) is 2.15. The molecule has 0 radical (unpaired) electrons. The van der Waals surface area contributed by atoms with Crippen LogP contribution in [0.4, 0.5) is 8.78 Å². The van der Waals surface area contributed by atoms with Gasteiger partial charge in [-0.1, -0.05) is 18.2 Å². The van der Waals surface area contributed by atoms with Crippen LogP contribution < -0.4 is 0 Å². The number of halogens is 2. The highest BCUT2D eigenvalue weighted by atomic mass is 32.1. The Morgan fingerprint density at radius 2 is 1.88 bits per heavy atom. The van der Waals surface area contributed by atoms with Crippen LogP contribution >= 0.6 is 11.3 Å². The maximum Gasteiger partial charge on any atom is 0.264 e. The molecule has 4 saturated heterocycles. The van der Waals surface area contributed by atoms with Crippen LogP contribution in [0.1, 0.15) is 34.0 Å². The average Bonchev–Trinajstić information content (AvgIpc) is 3.33. The summed E-state index contributed by atoms with van der Waals surface area (Å²) in [6, 6.07) is 8.33. The number of carbonyl (C=O) groups is 1. The van der Waals surface area contributed by atoms with Gasteiger partial charge in [0.25, 0.3) is 5.91 Å². The minimum absolute atomic E-state index is 0.0306. The van der Waals surface area contributed by atoms with E-state index in [1.165, 1.54) is 11.3 Å². The second kappa shape index (κ2) is 6.13. The Labute approximate surface area is 155 Å². The molecule has 2 bridgehead atoms. The summed E-state index contributed by atoms with van der Waals surface area (Å²) in [4.78, 5) is 18.2. The van der Waals surface area contributed by atoms with Gasteiger partial charge < -0.3 is 4.90 Å². The number of fused-ring (bicyclic) bond motifs is 2. The van der Waals surface area contributed by atoms with Gasteiger partial charge in [0, 0.05) is 18.5 Å². The zero-order chi connectivity index (χ0) is 17.8. The van der Waals surface area contributed by atoms with E-state index in [1.54, 1.807) is 12.1 Å². The maximum absolute atomic E-state index is 14.6. The van der Waals surface area contributed by atoms with Crippen LogP contribution in [-0.2, 0) is 0 Å². The van der Waals surface area contributed by atoms with Crippen LogP contribution in [0.2, 0.25) is 0 Å². The van der Waals surface area contributed by atoms with Crippen molar-refractivity contribution in [2.45, 2.75) is 30.8 Å². The molecular formula is C20H20F2N2OS. The van der Waals surface area contributed by atoms with Crippen molar-refractivity contribution in [3.8, 4) is 0 Å². The standard InChI is InChI=1S/C20H20F2N2OS/c21-15-4-1-3-13(17(15)22)14-11-24(20(25)16-5-2-10-26-16)18-12-6-8-23(9-7-12)19(14)18/h1-5,10,12,14,18-19H,6-9,11H2/t14-,18+,19+/m1/s1. The van der Waals surface area contributed by atoms with Crippen molar-refractivity contribution >= 4 is 17.2 Å². The van der Waals surface area contributed by atoms with E-state index in [2.05, 4.69) is 4.90 Å². The Bertz CT molecular complexity index is 832. The Morgan fingerprint density at radius 3 is 2.62 bits per heavy atom. The number of benzene rings is 1. The number of hydrogen-bond acceptors (Lipinski definition) is 3. The SMILES string of the molecule is O=C(c1cccs1)N1C[C@H](c2cccc(F)c2F)[C@H]2[C@@H]1C1CCN2CC1. The monoisotopic (exact) mass is 374 g/mol. The van der Waals surface area contributed by atoms with Gasteiger partial charge >= 0.3 is 0 Å². The molecule has 4 aliphatic rings. The summed E-state index contributed by atoms with van der Waals surface area (Å²) in [6.45, 7) is 2.43. The first-order valence-electron chi connectivity index (χ1n) is 9.17. The normalized spacial score (nSPS) is 32.7. The van der Waals surface area contributed by atoms with Gasteiger partial charge in [0.15, 0.2) is 11.6 Å². The highest BCUT2D eigenvalue weighted by molar-refractivity contribution is 7.12. The zero-order valence-corrected chi connectivity index (χ0v) is 15.1. The van der Waals surface area contributed by atoms with Crippen molar-refractivity contribution in [1.29, 1.82) is 0 Å². The fourth-order valence-corrected chi connectivity index (χ4v) is 5.96. The molecule has 4 fully saturated rings. The first kappa shape index (κ1) is 16.4. The first-order valence-corrected chi connectivity index (χ1v) is 10.1. The molecule has 2 aromatic rings. The number of likely N-dealkylation sites (tertiary alicyclic amines) is 1. The third kappa shape index (κ3) is 2.35. The molecule has 0 spiro atoms. The van der Waals surface area contributed by atoms with Gasteiger partial charge in [-0.3, -0.25) is 9.69 Å². The van der Waals surface area contributed by atoms with Crippen molar-refractivity contribution in [2.75, 3.05) is 19.6 Å².